The summed E-state index contributed by atoms with van der Waals surface area (Å²) < 4.78 is 5.09. The zero-order chi connectivity index (χ0) is 13.0. The fourth-order valence-corrected chi connectivity index (χ4v) is 2.31. The highest BCUT2D eigenvalue weighted by molar-refractivity contribution is 5.91. The van der Waals surface area contributed by atoms with Gasteiger partial charge in [0.15, 0.2) is 5.76 Å². The van der Waals surface area contributed by atoms with Gasteiger partial charge in [-0.3, -0.25) is 9.59 Å². The third-order valence-electron chi connectivity index (χ3n) is 3.40. The molecule has 2 rings (SSSR count). The Kier molecular flexibility index (Phi) is 4.02. The fourth-order valence-electron chi connectivity index (χ4n) is 2.31. The quantitative estimate of drug-likeness (QED) is 0.888. The van der Waals surface area contributed by atoms with Crippen molar-refractivity contribution in [3.8, 4) is 0 Å². The molecule has 0 bridgehead atoms. The number of rotatable bonds is 4. The highest BCUT2D eigenvalue weighted by atomic mass is 16.4. The summed E-state index contributed by atoms with van der Waals surface area (Å²) >= 11 is 0. The SMILES string of the molecule is O=C(O)CCC1CCN(C(=O)c2ccco2)CC1. The highest BCUT2D eigenvalue weighted by Gasteiger charge is 2.25. The average Bonchev–Trinajstić information content (AvgIpc) is 2.90. The third-order valence-corrected chi connectivity index (χ3v) is 3.40. The smallest absolute Gasteiger partial charge is 0.303 e. The van der Waals surface area contributed by atoms with Crippen LogP contribution in [0.4, 0.5) is 0 Å². The summed E-state index contributed by atoms with van der Waals surface area (Å²) in [5.74, 6) is -0.0264. The first-order chi connectivity index (χ1) is 8.66. The van der Waals surface area contributed by atoms with Crippen molar-refractivity contribution in [2.24, 2.45) is 5.92 Å². The molecule has 0 aromatic carbocycles. The molecule has 0 unspecified atom stereocenters. The molecule has 1 fully saturated rings. The van der Waals surface area contributed by atoms with Crippen LogP contribution >= 0.6 is 0 Å². The number of likely N-dealkylation sites (tertiary alicyclic amines) is 1. The second kappa shape index (κ2) is 5.71. The van der Waals surface area contributed by atoms with Gasteiger partial charge in [0.1, 0.15) is 0 Å². The van der Waals surface area contributed by atoms with Crippen molar-refractivity contribution in [1.82, 2.24) is 4.90 Å². The zero-order valence-corrected chi connectivity index (χ0v) is 10.2. The predicted molar refractivity (Wildman–Crippen MR) is 64.2 cm³/mol. The number of carboxylic acids is 1. The van der Waals surface area contributed by atoms with Gasteiger partial charge in [-0.25, -0.2) is 0 Å². The van der Waals surface area contributed by atoms with E-state index in [0.29, 0.717) is 31.2 Å². The average molecular weight is 251 g/mol. The van der Waals surface area contributed by atoms with Gasteiger partial charge in [-0.15, -0.1) is 0 Å². The van der Waals surface area contributed by atoms with Gasteiger partial charge in [0.05, 0.1) is 6.26 Å². The summed E-state index contributed by atoms with van der Waals surface area (Å²) in [5, 5.41) is 8.63. The van der Waals surface area contributed by atoms with Crippen LogP contribution < -0.4 is 0 Å². The van der Waals surface area contributed by atoms with Gasteiger partial charge in [0.2, 0.25) is 0 Å². The Hall–Kier alpha value is -1.78. The Morgan fingerprint density at radius 3 is 2.67 bits per heavy atom. The fraction of sp³-hybridized carbons (Fsp3) is 0.538. The Morgan fingerprint density at radius 2 is 2.11 bits per heavy atom. The maximum absolute atomic E-state index is 12.0. The molecule has 1 N–H and O–H groups in total. The van der Waals surface area contributed by atoms with Crippen LogP contribution in [0.25, 0.3) is 0 Å². The topological polar surface area (TPSA) is 70.8 Å². The Labute approximate surface area is 105 Å². The van der Waals surface area contributed by atoms with Gasteiger partial charge in [-0.05, 0) is 37.3 Å². The minimum atomic E-state index is -0.746. The number of hydrogen-bond donors (Lipinski definition) is 1. The largest absolute Gasteiger partial charge is 0.481 e. The van der Waals surface area contributed by atoms with Gasteiger partial charge in [-0.1, -0.05) is 0 Å². The predicted octanol–water partition coefficient (Wildman–Crippen LogP) is 2.00. The van der Waals surface area contributed by atoms with Gasteiger partial charge in [0.25, 0.3) is 5.91 Å². The van der Waals surface area contributed by atoms with Crippen molar-refractivity contribution >= 4 is 11.9 Å². The lowest BCUT2D eigenvalue weighted by atomic mass is 9.92. The van der Waals surface area contributed by atoms with E-state index in [2.05, 4.69) is 0 Å². The minimum absolute atomic E-state index is 0.0725. The monoisotopic (exact) mass is 251 g/mol. The molecule has 1 saturated heterocycles. The Morgan fingerprint density at radius 1 is 1.39 bits per heavy atom. The maximum atomic E-state index is 12.0. The number of aliphatic carboxylic acids is 1. The normalized spacial score (nSPS) is 16.8. The van der Waals surface area contributed by atoms with Crippen molar-refractivity contribution in [2.75, 3.05) is 13.1 Å². The summed E-state index contributed by atoms with van der Waals surface area (Å²) in [7, 11) is 0. The Balaban J connectivity index is 1.80. The lowest BCUT2D eigenvalue weighted by Gasteiger charge is -2.31. The van der Waals surface area contributed by atoms with E-state index in [1.54, 1.807) is 17.0 Å². The van der Waals surface area contributed by atoms with Crippen molar-refractivity contribution in [3.63, 3.8) is 0 Å². The van der Waals surface area contributed by atoms with Gasteiger partial charge in [-0.2, -0.15) is 0 Å². The van der Waals surface area contributed by atoms with E-state index in [1.807, 2.05) is 0 Å². The van der Waals surface area contributed by atoms with Gasteiger partial charge >= 0.3 is 5.97 Å². The molecule has 18 heavy (non-hydrogen) atoms. The molecule has 5 heteroatoms. The number of nitrogens with zero attached hydrogens (tertiary/aromatic N) is 1. The van der Waals surface area contributed by atoms with Crippen molar-refractivity contribution in [3.05, 3.63) is 24.2 Å². The van der Waals surface area contributed by atoms with Crippen LogP contribution in [0.5, 0.6) is 0 Å². The molecule has 1 aliphatic rings. The van der Waals surface area contributed by atoms with Crippen LogP contribution in [-0.4, -0.2) is 35.0 Å². The number of hydrogen-bond acceptors (Lipinski definition) is 3. The standard InChI is InChI=1S/C13H17NO4/c15-12(16)4-3-10-5-7-14(8-6-10)13(17)11-2-1-9-18-11/h1-2,9-10H,3-8H2,(H,15,16). The van der Waals surface area contributed by atoms with Crippen LogP contribution in [0.3, 0.4) is 0 Å². The molecule has 5 nitrogen and oxygen atoms in total. The second-order valence-electron chi connectivity index (χ2n) is 4.65. The summed E-state index contributed by atoms with van der Waals surface area (Å²) in [4.78, 5) is 24.2. The molecule has 0 aliphatic carbocycles. The Bertz CT molecular complexity index is 405. The molecule has 0 saturated carbocycles. The van der Waals surface area contributed by atoms with E-state index in [-0.39, 0.29) is 12.3 Å². The number of piperidine rings is 1. The van der Waals surface area contributed by atoms with E-state index in [1.165, 1.54) is 6.26 Å². The second-order valence-corrected chi connectivity index (χ2v) is 4.65. The number of carboxylic acid groups (broad SMARTS) is 1. The number of amides is 1. The molecular formula is C13H17NO4. The molecular weight excluding hydrogens is 234 g/mol. The van der Waals surface area contributed by atoms with Crippen LogP contribution in [0.15, 0.2) is 22.8 Å². The molecule has 0 radical (unpaired) electrons. The van der Waals surface area contributed by atoms with Crippen LogP contribution in [0, 0.1) is 5.92 Å². The number of furan rings is 1. The summed E-state index contributed by atoms with van der Waals surface area (Å²) in [5.41, 5.74) is 0. The van der Waals surface area contributed by atoms with Gasteiger partial charge < -0.3 is 14.4 Å². The zero-order valence-electron chi connectivity index (χ0n) is 10.2. The first-order valence-electron chi connectivity index (χ1n) is 6.21. The van der Waals surface area contributed by atoms with E-state index in [9.17, 15) is 9.59 Å². The van der Waals surface area contributed by atoms with E-state index in [4.69, 9.17) is 9.52 Å². The lowest BCUT2D eigenvalue weighted by Crippen LogP contribution is -2.38. The minimum Gasteiger partial charge on any atom is -0.481 e. The van der Waals surface area contributed by atoms with E-state index in [0.717, 1.165) is 12.8 Å². The third kappa shape index (κ3) is 3.12. The summed E-state index contributed by atoms with van der Waals surface area (Å²) in [6.07, 6.45) is 4.17. The number of carbonyl (C=O) groups is 2. The van der Waals surface area contributed by atoms with Gasteiger partial charge in [0, 0.05) is 19.5 Å². The highest BCUT2D eigenvalue weighted by Crippen LogP contribution is 2.23. The molecule has 2 heterocycles. The van der Waals surface area contributed by atoms with E-state index < -0.39 is 5.97 Å². The molecule has 1 aromatic rings. The summed E-state index contributed by atoms with van der Waals surface area (Å²) in [6.45, 7) is 1.37. The first kappa shape index (κ1) is 12.7. The van der Waals surface area contributed by atoms with Crippen molar-refractivity contribution in [2.45, 2.75) is 25.7 Å². The van der Waals surface area contributed by atoms with E-state index >= 15 is 0 Å². The first-order valence-corrected chi connectivity index (χ1v) is 6.21. The molecule has 0 atom stereocenters. The van der Waals surface area contributed by atoms with Crippen LogP contribution in [0.2, 0.25) is 0 Å². The van der Waals surface area contributed by atoms with Crippen LogP contribution in [0.1, 0.15) is 36.2 Å². The molecule has 1 aliphatic heterocycles. The number of carbonyl (C=O) groups excluding carboxylic acids is 1. The molecule has 98 valence electrons. The summed E-state index contributed by atoms with van der Waals surface area (Å²) in [6, 6.07) is 3.37. The van der Waals surface area contributed by atoms with Crippen molar-refractivity contribution in [1.29, 1.82) is 0 Å². The lowest BCUT2D eigenvalue weighted by molar-refractivity contribution is -0.137. The maximum Gasteiger partial charge on any atom is 0.303 e. The molecule has 1 amide bonds. The molecule has 0 spiro atoms. The molecule has 1 aromatic heterocycles. The van der Waals surface area contributed by atoms with Crippen molar-refractivity contribution < 1.29 is 19.1 Å². The van der Waals surface area contributed by atoms with Crippen LogP contribution in [-0.2, 0) is 4.79 Å².